The molecule has 1 saturated heterocycles. The van der Waals surface area contributed by atoms with Crippen LogP contribution in [-0.4, -0.2) is 52.2 Å². The Balaban J connectivity index is 2.13. The second kappa shape index (κ2) is 6.03. The largest absolute Gasteiger partial charge is 0.444 e. The second-order valence-corrected chi connectivity index (χ2v) is 6.29. The summed E-state index contributed by atoms with van der Waals surface area (Å²) in [6, 6.07) is -0.607. The van der Waals surface area contributed by atoms with E-state index in [4.69, 9.17) is 15.2 Å². The van der Waals surface area contributed by atoms with Gasteiger partial charge in [0.25, 0.3) is 0 Å². The van der Waals surface area contributed by atoms with E-state index in [0.29, 0.717) is 19.8 Å². The average molecular weight is 296 g/mol. The van der Waals surface area contributed by atoms with Gasteiger partial charge in [0.2, 0.25) is 0 Å². The Hall–Kier alpha value is -1.60. The molecule has 2 heterocycles. The number of nitrogens with zero attached hydrogens (tertiary/aromatic N) is 3. The molecule has 1 aliphatic rings. The van der Waals surface area contributed by atoms with Gasteiger partial charge in [0.15, 0.2) is 0 Å². The van der Waals surface area contributed by atoms with E-state index < -0.39 is 5.60 Å². The Kier molecular flexibility index (Phi) is 4.53. The fraction of sp³-hybridized carbons (Fsp3) is 0.714. The zero-order valence-electron chi connectivity index (χ0n) is 13.1. The van der Waals surface area contributed by atoms with Crippen LogP contribution in [0.4, 0.5) is 4.79 Å². The van der Waals surface area contributed by atoms with Crippen LogP contribution in [-0.2, 0) is 16.5 Å². The monoisotopic (exact) mass is 296 g/mol. The smallest absolute Gasteiger partial charge is 0.410 e. The molecule has 1 aliphatic heterocycles. The minimum absolute atomic E-state index is 0.252. The quantitative estimate of drug-likeness (QED) is 0.882. The van der Waals surface area contributed by atoms with Crippen molar-refractivity contribution in [3.05, 3.63) is 18.0 Å². The predicted molar refractivity (Wildman–Crippen MR) is 77.7 cm³/mol. The molecular weight excluding hydrogens is 272 g/mol. The van der Waals surface area contributed by atoms with E-state index in [2.05, 4.69) is 5.10 Å². The first-order valence-electron chi connectivity index (χ1n) is 7.09. The molecule has 1 aromatic rings. The predicted octanol–water partition coefficient (Wildman–Crippen LogP) is 1.06. The van der Waals surface area contributed by atoms with E-state index in [9.17, 15) is 4.79 Å². The van der Waals surface area contributed by atoms with Gasteiger partial charge in [-0.2, -0.15) is 5.10 Å². The van der Waals surface area contributed by atoms with Crippen molar-refractivity contribution < 1.29 is 14.3 Å². The van der Waals surface area contributed by atoms with Crippen molar-refractivity contribution in [2.75, 3.05) is 19.8 Å². The van der Waals surface area contributed by atoms with Gasteiger partial charge in [0.1, 0.15) is 5.60 Å². The highest BCUT2D eigenvalue weighted by atomic mass is 16.6. The van der Waals surface area contributed by atoms with Gasteiger partial charge in [0.05, 0.1) is 31.5 Å². The van der Waals surface area contributed by atoms with Crippen molar-refractivity contribution in [3.63, 3.8) is 0 Å². The van der Waals surface area contributed by atoms with Crippen molar-refractivity contribution in [1.29, 1.82) is 0 Å². The zero-order valence-corrected chi connectivity index (χ0v) is 13.1. The maximum Gasteiger partial charge on any atom is 0.410 e. The average Bonchev–Trinajstić information content (AvgIpc) is 2.82. The first kappa shape index (κ1) is 15.8. The summed E-state index contributed by atoms with van der Waals surface area (Å²) >= 11 is 0. The summed E-state index contributed by atoms with van der Waals surface area (Å²) in [5, 5.41) is 4.12. The van der Waals surface area contributed by atoms with Gasteiger partial charge in [-0.25, -0.2) is 4.79 Å². The third kappa shape index (κ3) is 3.95. The molecule has 0 bridgehead atoms. The Bertz CT molecular complexity index is 495. The fourth-order valence-electron chi connectivity index (χ4n) is 2.30. The van der Waals surface area contributed by atoms with Crippen LogP contribution < -0.4 is 5.73 Å². The molecule has 1 amide bonds. The van der Waals surface area contributed by atoms with Gasteiger partial charge < -0.3 is 15.2 Å². The molecule has 0 radical (unpaired) electrons. The summed E-state index contributed by atoms with van der Waals surface area (Å²) in [5.74, 6) is 0. The van der Waals surface area contributed by atoms with Gasteiger partial charge in [-0.3, -0.25) is 9.58 Å². The summed E-state index contributed by atoms with van der Waals surface area (Å²) in [5.41, 5.74) is 6.64. The van der Waals surface area contributed by atoms with Crippen LogP contribution in [0.5, 0.6) is 0 Å². The summed E-state index contributed by atoms with van der Waals surface area (Å²) in [7, 11) is 1.83. The van der Waals surface area contributed by atoms with Gasteiger partial charge >= 0.3 is 6.09 Å². The maximum atomic E-state index is 12.3. The number of aryl methyl sites for hydroxylation is 1. The lowest BCUT2D eigenvalue weighted by Crippen LogP contribution is -2.54. The minimum Gasteiger partial charge on any atom is -0.444 e. The number of nitrogens with two attached hydrogens (primary N) is 1. The van der Waals surface area contributed by atoms with Crippen LogP contribution in [0.25, 0.3) is 0 Å². The van der Waals surface area contributed by atoms with E-state index in [1.54, 1.807) is 15.8 Å². The molecule has 2 atom stereocenters. The summed E-state index contributed by atoms with van der Waals surface area (Å²) < 4.78 is 12.6. The van der Waals surface area contributed by atoms with Crippen molar-refractivity contribution >= 4 is 6.09 Å². The Morgan fingerprint density at radius 1 is 1.57 bits per heavy atom. The van der Waals surface area contributed by atoms with E-state index in [0.717, 1.165) is 5.56 Å². The summed E-state index contributed by atoms with van der Waals surface area (Å²) in [6.07, 6.45) is 3.22. The Morgan fingerprint density at radius 3 is 2.86 bits per heavy atom. The highest BCUT2D eigenvalue weighted by Crippen LogP contribution is 2.23. The van der Waals surface area contributed by atoms with Crippen molar-refractivity contribution in [2.45, 2.75) is 38.5 Å². The number of morpholine rings is 1. The molecule has 2 rings (SSSR count). The number of carbonyl (C=O) groups is 1. The maximum absolute atomic E-state index is 12.3. The lowest BCUT2D eigenvalue weighted by atomic mass is 10.0. The van der Waals surface area contributed by atoms with Gasteiger partial charge in [-0.1, -0.05) is 0 Å². The standard InChI is InChI=1S/C14H24N4O3/c1-14(2,3)21-13(19)18-5-6-20-9-11(18)12(15)10-7-16-17(4)8-10/h7-8,11-12H,5-6,9,15H2,1-4H3. The van der Waals surface area contributed by atoms with Crippen molar-refractivity contribution in [1.82, 2.24) is 14.7 Å². The molecule has 118 valence electrons. The van der Waals surface area contributed by atoms with E-state index in [1.807, 2.05) is 34.0 Å². The zero-order chi connectivity index (χ0) is 15.6. The molecule has 2 N–H and O–H groups in total. The highest BCUT2D eigenvalue weighted by Gasteiger charge is 2.35. The number of ether oxygens (including phenoxy) is 2. The summed E-state index contributed by atoms with van der Waals surface area (Å²) in [6.45, 7) is 6.92. The van der Waals surface area contributed by atoms with Gasteiger partial charge in [0, 0.05) is 25.4 Å². The van der Waals surface area contributed by atoms with E-state index in [-0.39, 0.29) is 18.2 Å². The third-order valence-electron chi connectivity index (χ3n) is 3.32. The molecule has 2 unspecified atom stereocenters. The number of carbonyl (C=O) groups excluding carboxylic acids is 1. The molecule has 1 aromatic heterocycles. The molecule has 0 aromatic carbocycles. The normalized spacial score (nSPS) is 21.2. The van der Waals surface area contributed by atoms with Gasteiger partial charge in [-0.15, -0.1) is 0 Å². The lowest BCUT2D eigenvalue weighted by molar-refractivity contribution is -0.0382. The molecular formula is C14H24N4O3. The highest BCUT2D eigenvalue weighted by molar-refractivity contribution is 5.69. The topological polar surface area (TPSA) is 82.6 Å². The summed E-state index contributed by atoms with van der Waals surface area (Å²) in [4.78, 5) is 14.0. The second-order valence-electron chi connectivity index (χ2n) is 6.29. The van der Waals surface area contributed by atoms with Crippen LogP contribution in [0.2, 0.25) is 0 Å². The van der Waals surface area contributed by atoms with Crippen LogP contribution in [0.1, 0.15) is 32.4 Å². The molecule has 7 nitrogen and oxygen atoms in total. The van der Waals surface area contributed by atoms with E-state index in [1.165, 1.54) is 0 Å². The fourth-order valence-corrected chi connectivity index (χ4v) is 2.30. The number of hydrogen-bond donors (Lipinski definition) is 1. The Morgan fingerprint density at radius 2 is 2.29 bits per heavy atom. The van der Waals surface area contributed by atoms with Crippen molar-refractivity contribution in [2.24, 2.45) is 12.8 Å². The number of amides is 1. The molecule has 0 saturated carbocycles. The first-order valence-corrected chi connectivity index (χ1v) is 7.09. The van der Waals surface area contributed by atoms with Gasteiger partial charge in [-0.05, 0) is 20.8 Å². The third-order valence-corrected chi connectivity index (χ3v) is 3.32. The number of aromatic nitrogens is 2. The van der Waals surface area contributed by atoms with Crippen molar-refractivity contribution in [3.8, 4) is 0 Å². The number of rotatable bonds is 2. The van der Waals surface area contributed by atoms with Crippen LogP contribution in [0, 0.1) is 0 Å². The molecule has 21 heavy (non-hydrogen) atoms. The van der Waals surface area contributed by atoms with Crippen LogP contribution in [0.3, 0.4) is 0 Å². The minimum atomic E-state index is -0.529. The number of hydrogen-bond acceptors (Lipinski definition) is 5. The first-order chi connectivity index (χ1) is 9.78. The molecule has 0 spiro atoms. The van der Waals surface area contributed by atoms with Crippen LogP contribution >= 0.6 is 0 Å². The molecule has 7 heteroatoms. The lowest BCUT2D eigenvalue weighted by Gasteiger charge is -2.39. The Labute approximate surface area is 125 Å². The molecule has 0 aliphatic carbocycles. The van der Waals surface area contributed by atoms with E-state index >= 15 is 0 Å². The SMILES string of the molecule is Cn1cc(C(N)C2COCCN2C(=O)OC(C)(C)C)cn1. The van der Waals surface area contributed by atoms with Crippen LogP contribution in [0.15, 0.2) is 12.4 Å². The molecule has 1 fully saturated rings.